The topological polar surface area (TPSA) is 241 Å². The van der Waals surface area contributed by atoms with Crippen molar-refractivity contribution in [1.29, 1.82) is 5.26 Å². The molecular formula is C23H28N5O14P. The van der Waals surface area contributed by atoms with Gasteiger partial charge in [-0.3, -0.25) is 4.52 Å². The lowest BCUT2D eigenvalue weighted by molar-refractivity contribution is -0.0879. The first-order valence-corrected chi connectivity index (χ1v) is 14.0. The highest BCUT2D eigenvalue weighted by Crippen LogP contribution is 2.52. The first-order chi connectivity index (χ1) is 20.8. The van der Waals surface area contributed by atoms with Crippen molar-refractivity contribution in [3.8, 4) is 6.07 Å². The van der Waals surface area contributed by atoms with Crippen LogP contribution in [0.15, 0.2) is 18.4 Å². The van der Waals surface area contributed by atoms with Gasteiger partial charge in [0.1, 0.15) is 24.0 Å². The number of carbonyl (C=O) groups is 3. The summed E-state index contributed by atoms with van der Waals surface area (Å²) in [6.45, 7) is 3.54. The maximum Gasteiger partial charge on any atom is 0.510 e. The molecule has 0 aliphatic carbocycles. The summed E-state index contributed by atoms with van der Waals surface area (Å²) in [4.78, 5) is 39.4. The number of carbonyl (C=O) groups excluding carboxylic acids is 3. The number of rotatable bonds is 12. The molecule has 234 valence electrons. The molecule has 4 heterocycles. The van der Waals surface area contributed by atoms with E-state index in [2.05, 4.69) is 10.1 Å². The summed E-state index contributed by atoms with van der Waals surface area (Å²) in [7, 11) is -4.75. The molecule has 4 atom stereocenters. The van der Waals surface area contributed by atoms with Gasteiger partial charge < -0.3 is 38.9 Å². The molecule has 2 N–H and O–H groups in total. The Morgan fingerprint density at radius 2 is 1.79 bits per heavy atom. The SMILES string of the molecule is [2H]c1cc([C@]2(C#N)O[C@H](COP(=O)(OCOC(=O)OC(C)C)OCOC(=O)OC(C)C)[C@H]3OC(=O)O[C@H]32)n2ncnc(N)c12. The van der Waals surface area contributed by atoms with Crippen LogP contribution in [0.1, 0.15) is 34.8 Å². The number of hydrogen-bond acceptors (Lipinski definition) is 18. The minimum absolute atomic E-state index is 0.0466. The number of nitrogens with two attached hydrogens (primary N) is 1. The number of anilines is 1. The normalized spacial score (nSPS) is 23.3. The Balaban J connectivity index is 1.54. The molecule has 0 unspecified atom stereocenters. The summed E-state index contributed by atoms with van der Waals surface area (Å²) in [5, 5.41) is 14.4. The van der Waals surface area contributed by atoms with Crippen LogP contribution in [0.5, 0.6) is 0 Å². The van der Waals surface area contributed by atoms with Crippen LogP contribution in [0.25, 0.3) is 5.52 Å². The summed E-state index contributed by atoms with van der Waals surface area (Å²) in [6.07, 6.45) is -7.49. The molecule has 20 heteroatoms. The fraction of sp³-hybridized carbons (Fsp3) is 0.565. The first kappa shape index (κ1) is 30.3. The zero-order chi connectivity index (χ0) is 32.2. The zero-order valence-electron chi connectivity index (χ0n) is 24.2. The van der Waals surface area contributed by atoms with Gasteiger partial charge in [-0.05, 0) is 39.8 Å². The van der Waals surface area contributed by atoms with Crippen LogP contribution in [0.2, 0.25) is 0 Å². The number of ether oxygens (including phenoxy) is 7. The van der Waals surface area contributed by atoms with Crippen molar-refractivity contribution in [1.82, 2.24) is 14.6 Å². The van der Waals surface area contributed by atoms with Gasteiger partial charge in [-0.15, -0.1) is 0 Å². The highest BCUT2D eigenvalue weighted by molar-refractivity contribution is 7.48. The van der Waals surface area contributed by atoms with Crippen LogP contribution >= 0.6 is 7.82 Å². The van der Waals surface area contributed by atoms with E-state index in [1.165, 1.54) is 6.07 Å². The van der Waals surface area contributed by atoms with E-state index in [1.807, 2.05) is 6.07 Å². The standard InChI is InChI=1S/C23H28N5O14P/c1-12(2)38-20(29)33-10-36-43(32,37-11-34-21(30)39-13(3)4)35-7-15-17-18(41-22(31)40-17)23(8-24,42-15)16-6-5-14-19(25)26-9-27-28(14)16/h5-6,9,12-13,15,17-18H,7,10-11H2,1-4H3,(H2,25,26,27)/t15-,17-,18-,23+/m1/s1/i5D. The highest BCUT2D eigenvalue weighted by Gasteiger charge is 2.65. The van der Waals surface area contributed by atoms with E-state index in [0.29, 0.717) is 0 Å². The molecule has 2 fully saturated rings. The summed E-state index contributed by atoms with van der Waals surface area (Å²) < 4.78 is 73.6. The van der Waals surface area contributed by atoms with Crippen LogP contribution in [-0.2, 0) is 56.9 Å². The third-order valence-electron chi connectivity index (χ3n) is 5.63. The van der Waals surface area contributed by atoms with Crippen LogP contribution < -0.4 is 5.73 Å². The van der Waals surface area contributed by atoms with Crippen molar-refractivity contribution in [2.24, 2.45) is 0 Å². The van der Waals surface area contributed by atoms with Crippen molar-refractivity contribution in [3.05, 3.63) is 24.1 Å². The molecule has 2 aromatic rings. The second-order valence-electron chi connectivity index (χ2n) is 9.31. The van der Waals surface area contributed by atoms with E-state index >= 15 is 0 Å². The van der Waals surface area contributed by atoms with E-state index in [9.17, 15) is 24.2 Å². The van der Waals surface area contributed by atoms with E-state index in [1.54, 1.807) is 27.7 Å². The van der Waals surface area contributed by atoms with Crippen molar-refractivity contribution >= 4 is 37.6 Å². The van der Waals surface area contributed by atoms with E-state index in [-0.39, 0.29) is 23.1 Å². The number of nitrogens with zero attached hydrogens (tertiary/aromatic N) is 4. The number of fused-ring (bicyclic) bond motifs is 2. The lowest BCUT2D eigenvalue weighted by Crippen LogP contribution is -2.39. The van der Waals surface area contributed by atoms with Gasteiger partial charge in [-0.25, -0.2) is 37.5 Å². The third-order valence-corrected chi connectivity index (χ3v) is 6.94. The maximum atomic E-state index is 13.4. The molecule has 2 aromatic heterocycles. The van der Waals surface area contributed by atoms with Gasteiger partial charge in [-0.2, -0.15) is 10.4 Å². The molecule has 0 spiro atoms. The fourth-order valence-corrected chi connectivity index (χ4v) is 4.88. The van der Waals surface area contributed by atoms with Gasteiger partial charge in [0.15, 0.2) is 18.0 Å². The molecule has 0 aromatic carbocycles. The van der Waals surface area contributed by atoms with Crippen LogP contribution in [-0.4, -0.2) is 83.8 Å². The monoisotopic (exact) mass is 630 g/mol. The van der Waals surface area contributed by atoms with Gasteiger partial charge in [0, 0.05) is 0 Å². The summed E-state index contributed by atoms with van der Waals surface area (Å²) in [5.41, 5.74) is 3.78. The molecule has 2 aliphatic heterocycles. The highest BCUT2D eigenvalue weighted by atomic mass is 31.2. The van der Waals surface area contributed by atoms with E-state index in [4.69, 9.17) is 53.8 Å². The average molecular weight is 630 g/mol. The van der Waals surface area contributed by atoms with E-state index in [0.717, 1.165) is 10.8 Å². The number of phosphoric acid groups is 1. The van der Waals surface area contributed by atoms with Crippen molar-refractivity contribution in [2.75, 3.05) is 25.9 Å². The predicted molar refractivity (Wildman–Crippen MR) is 136 cm³/mol. The lowest BCUT2D eigenvalue weighted by atomic mass is 9.92. The summed E-state index contributed by atoms with van der Waals surface area (Å²) in [5.74, 6) is -0.0623. The first-order valence-electron chi connectivity index (χ1n) is 13.0. The molecule has 0 amide bonds. The second-order valence-corrected chi connectivity index (χ2v) is 11.0. The Hall–Kier alpha value is -4.21. The number of nitrogen functional groups attached to an aromatic ring is 1. The van der Waals surface area contributed by atoms with Gasteiger partial charge in [0.05, 0.1) is 25.9 Å². The number of hydrogen-bond donors (Lipinski definition) is 1. The Morgan fingerprint density at radius 1 is 1.16 bits per heavy atom. The Labute approximate surface area is 244 Å². The Morgan fingerprint density at radius 3 is 2.37 bits per heavy atom. The van der Waals surface area contributed by atoms with Gasteiger partial charge in [0.25, 0.3) is 0 Å². The van der Waals surface area contributed by atoms with Crippen molar-refractivity contribution in [3.63, 3.8) is 0 Å². The van der Waals surface area contributed by atoms with Crippen LogP contribution in [0.3, 0.4) is 0 Å². The van der Waals surface area contributed by atoms with Gasteiger partial charge >= 0.3 is 26.3 Å². The molecule has 0 bridgehead atoms. The predicted octanol–water partition coefficient (Wildman–Crippen LogP) is 2.53. The second kappa shape index (κ2) is 13.0. The summed E-state index contributed by atoms with van der Waals surface area (Å²) >= 11 is 0. The number of nitriles is 1. The molecule has 4 rings (SSSR count). The minimum Gasteiger partial charge on any atom is -0.432 e. The minimum atomic E-state index is -4.75. The lowest BCUT2D eigenvalue weighted by Gasteiger charge is -2.25. The smallest absolute Gasteiger partial charge is 0.432 e. The summed E-state index contributed by atoms with van der Waals surface area (Å²) in [6, 6.07) is 3.02. The van der Waals surface area contributed by atoms with E-state index < -0.39 is 82.6 Å². The maximum absolute atomic E-state index is 13.4. The largest absolute Gasteiger partial charge is 0.510 e. The average Bonchev–Trinajstić information content (AvgIpc) is 3.57. The Bertz CT molecular complexity index is 1470. The quantitative estimate of drug-likeness (QED) is 0.153. The zero-order valence-corrected chi connectivity index (χ0v) is 24.1. The molecule has 0 radical (unpaired) electrons. The molecule has 43 heavy (non-hydrogen) atoms. The molecule has 2 saturated heterocycles. The molecule has 19 nitrogen and oxygen atoms in total. The molecule has 2 aliphatic rings. The number of aromatic nitrogens is 3. The molecule has 0 saturated carbocycles. The van der Waals surface area contributed by atoms with Gasteiger partial charge in [0.2, 0.25) is 19.2 Å². The van der Waals surface area contributed by atoms with Crippen molar-refractivity contribution < 1.29 is 67.0 Å². The molecular weight excluding hydrogens is 601 g/mol. The Kier molecular flexibility index (Phi) is 9.13. The van der Waals surface area contributed by atoms with Crippen LogP contribution in [0.4, 0.5) is 20.2 Å². The van der Waals surface area contributed by atoms with Gasteiger partial charge in [-0.1, -0.05) is 0 Å². The fourth-order valence-electron chi connectivity index (χ4n) is 3.97. The van der Waals surface area contributed by atoms with Crippen LogP contribution in [0, 0.1) is 11.3 Å². The van der Waals surface area contributed by atoms with Crippen molar-refractivity contribution in [2.45, 2.75) is 63.8 Å². The third kappa shape index (κ3) is 7.06. The number of phosphoric ester groups is 1.